The Kier molecular flexibility index (Phi) is 10.2. The molecular weight excluding hydrogens is 228 g/mol. The summed E-state index contributed by atoms with van der Waals surface area (Å²) in [6.07, 6.45) is -2.27. The molecule has 0 aromatic heterocycles. The molecule has 0 aliphatic carbocycles. The Morgan fingerprint density at radius 2 is 1.60 bits per heavy atom. The third-order valence-corrected chi connectivity index (χ3v) is 1.28. The largest absolute Gasteiger partial charge is 0.507 e. The van der Waals surface area contributed by atoms with Crippen LogP contribution in [0.5, 0.6) is 0 Å². The van der Waals surface area contributed by atoms with E-state index in [4.69, 9.17) is 21.8 Å². The number of hydrogen-bond donors (Lipinski definition) is 2. The molecular formula is C8H15ClO6. The second-order valence-electron chi connectivity index (χ2n) is 2.63. The Hall–Kier alpha value is -1.17. The zero-order valence-electron chi connectivity index (χ0n) is 8.77. The first-order valence-electron chi connectivity index (χ1n) is 4.22. The molecule has 0 rings (SSSR count). The standard InChI is InChI=1S/C4H7ClO3.C4H8O3/c1-2-3(5)8-4(6)7;1-3(2)7-4(5)6/h3H,2H2,1H3,(H,6,7);3H,1-2H3,(H,5,6). The van der Waals surface area contributed by atoms with Crippen LogP contribution in [0.4, 0.5) is 9.59 Å². The molecule has 0 aromatic carbocycles. The molecule has 0 saturated heterocycles. The Bertz CT molecular complexity index is 194. The maximum Gasteiger partial charge on any atom is 0.507 e. The highest BCUT2D eigenvalue weighted by Crippen LogP contribution is 2.01. The quantitative estimate of drug-likeness (QED) is 0.584. The van der Waals surface area contributed by atoms with Gasteiger partial charge in [-0.3, -0.25) is 0 Å². The van der Waals surface area contributed by atoms with Crippen LogP contribution in [0.15, 0.2) is 0 Å². The fraction of sp³-hybridized carbons (Fsp3) is 0.750. The van der Waals surface area contributed by atoms with Crippen LogP contribution in [0.2, 0.25) is 0 Å². The molecule has 0 amide bonds. The fourth-order valence-electron chi connectivity index (χ4n) is 0.394. The van der Waals surface area contributed by atoms with E-state index in [9.17, 15) is 9.59 Å². The normalized spacial score (nSPS) is 11.0. The highest BCUT2D eigenvalue weighted by atomic mass is 35.5. The zero-order chi connectivity index (χ0) is 12.4. The first-order valence-corrected chi connectivity index (χ1v) is 4.66. The summed E-state index contributed by atoms with van der Waals surface area (Å²) in [7, 11) is 0. The topological polar surface area (TPSA) is 93.1 Å². The minimum absolute atomic E-state index is 0.225. The SMILES string of the molecule is CC(C)OC(=O)O.CCC(Cl)OC(=O)O. The van der Waals surface area contributed by atoms with Gasteiger partial charge < -0.3 is 19.7 Å². The van der Waals surface area contributed by atoms with Gasteiger partial charge in [0.2, 0.25) is 0 Å². The van der Waals surface area contributed by atoms with E-state index in [0.29, 0.717) is 6.42 Å². The third-order valence-electron chi connectivity index (χ3n) is 0.886. The minimum atomic E-state index is -1.33. The number of hydrogen-bond acceptors (Lipinski definition) is 4. The molecule has 0 bridgehead atoms. The van der Waals surface area contributed by atoms with E-state index in [1.807, 2.05) is 0 Å². The summed E-state index contributed by atoms with van der Waals surface area (Å²) in [6.45, 7) is 5.06. The predicted octanol–water partition coefficient (Wildman–Crippen LogP) is 2.75. The summed E-state index contributed by atoms with van der Waals surface area (Å²) in [6, 6.07) is 0. The van der Waals surface area contributed by atoms with E-state index in [1.54, 1.807) is 20.8 Å². The first kappa shape index (κ1) is 16.3. The van der Waals surface area contributed by atoms with Crippen LogP contribution in [0.1, 0.15) is 27.2 Å². The molecule has 2 N–H and O–H groups in total. The number of rotatable bonds is 3. The predicted molar refractivity (Wildman–Crippen MR) is 53.3 cm³/mol. The van der Waals surface area contributed by atoms with Crippen molar-refractivity contribution >= 4 is 23.9 Å². The lowest BCUT2D eigenvalue weighted by molar-refractivity contribution is 0.0658. The summed E-state index contributed by atoms with van der Waals surface area (Å²) < 4.78 is 8.25. The highest BCUT2D eigenvalue weighted by Gasteiger charge is 2.04. The number of carboxylic acid groups (broad SMARTS) is 2. The smallest absolute Gasteiger partial charge is 0.450 e. The zero-order valence-corrected chi connectivity index (χ0v) is 9.52. The Balaban J connectivity index is 0. The molecule has 0 radical (unpaired) electrons. The lowest BCUT2D eigenvalue weighted by atomic mass is 10.5. The molecule has 6 nitrogen and oxygen atoms in total. The second-order valence-corrected chi connectivity index (χ2v) is 3.12. The van der Waals surface area contributed by atoms with E-state index in [-0.39, 0.29) is 6.10 Å². The molecule has 0 spiro atoms. The van der Waals surface area contributed by atoms with Crippen LogP contribution in [0.25, 0.3) is 0 Å². The Morgan fingerprint density at radius 3 is 1.67 bits per heavy atom. The van der Waals surface area contributed by atoms with E-state index in [1.165, 1.54) is 0 Å². The van der Waals surface area contributed by atoms with Gasteiger partial charge in [-0.2, -0.15) is 0 Å². The molecule has 1 atom stereocenters. The molecule has 0 aromatic rings. The van der Waals surface area contributed by atoms with Crippen LogP contribution in [-0.2, 0) is 9.47 Å². The number of alkyl halides is 1. The molecule has 7 heteroatoms. The van der Waals surface area contributed by atoms with Crippen molar-refractivity contribution in [1.29, 1.82) is 0 Å². The highest BCUT2D eigenvalue weighted by molar-refractivity contribution is 6.20. The second kappa shape index (κ2) is 9.39. The van der Waals surface area contributed by atoms with Gasteiger partial charge >= 0.3 is 12.3 Å². The van der Waals surface area contributed by atoms with Crippen molar-refractivity contribution < 1.29 is 29.3 Å². The molecule has 0 fully saturated rings. The molecule has 15 heavy (non-hydrogen) atoms. The summed E-state index contributed by atoms with van der Waals surface area (Å²) in [5.74, 6) is 0. The van der Waals surface area contributed by atoms with E-state index in [2.05, 4.69) is 9.47 Å². The van der Waals surface area contributed by atoms with Gasteiger partial charge in [-0.15, -0.1) is 0 Å². The van der Waals surface area contributed by atoms with E-state index in [0.717, 1.165) is 0 Å². The monoisotopic (exact) mass is 242 g/mol. The van der Waals surface area contributed by atoms with Crippen molar-refractivity contribution in [1.82, 2.24) is 0 Å². The average Bonchev–Trinajstić information content (AvgIpc) is 2.01. The van der Waals surface area contributed by atoms with Crippen LogP contribution in [-0.4, -0.2) is 34.2 Å². The summed E-state index contributed by atoms with van der Waals surface area (Å²) in [5.41, 5.74) is -0.701. The summed E-state index contributed by atoms with van der Waals surface area (Å²) in [5, 5.41) is 15.8. The number of halogens is 1. The van der Waals surface area contributed by atoms with Crippen LogP contribution in [0, 0.1) is 0 Å². The van der Waals surface area contributed by atoms with E-state index < -0.39 is 17.9 Å². The Morgan fingerprint density at radius 1 is 1.20 bits per heavy atom. The Labute approximate surface area is 92.7 Å². The minimum Gasteiger partial charge on any atom is -0.450 e. The molecule has 90 valence electrons. The van der Waals surface area contributed by atoms with Crippen molar-refractivity contribution in [2.75, 3.05) is 0 Å². The fourth-order valence-corrected chi connectivity index (χ4v) is 0.471. The first-order chi connectivity index (χ1) is 6.79. The van der Waals surface area contributed by atoms with Crippen LogP contribution in [0.3, 0.4) is 0 Å². The summed E-state index contributed by atoms with van der Waals surface area (Å²) >= 11 is 5.26. The molecule has 1 unspecified atom stereocenters. The molecule has 0 aliphatic rings. The van der Waals surface area contributed by atoms with Gasteiger partial charge in [-0.1, -0.05) is 18.5 Å². The maximum atomic E-state index is 9.66. The average molecular weight is 243 g/mol. The van der Waals surface area contributed by atoms with Crippen LogP contribution >= 0.6 is 11.6 Å². The lowest BCUT2D eigenvalue weighted by Gasteiger charge is -2.02. The van der Waals surface area contributed by atoms with Gasteiger partial charge in [0.1, 0.15) is 0 Å². The van der Waals surface area contributed by atoms with Gasteiger partial charge in [0.15, 0.2) is 5.56 Å². The van der Waals surface area contributed by atoms with Crippen molar-refractivity contribution in [3.8, 4) is 0 Å². The van der Waals surface area contributed by atoms with Crippen molar-refractivity contribution in [2.45, 2.75) is 38.9 Å². The van der Waals surface area contributed by atoms with Crippen LogP contribution < -0.4 is 0 Å². The number of ether oxygens (including phenoxy) is 2. The van der Waals surface area contributed by atoms with Gasteiger partial charge in [-0.05, 0) is 20.3 Å². The van der Waals surface area contributed by atoms with Gasteiger partial charge in [0, 0.05) is 0 Å². The molecule has 0 aliphatic heterocycles. The number of carbonyl (C=O) groups is 2. The van der Waals surface area contributed by atoms with Gasteiger partial charge in [-0.25, -0.2) is 9.59 Å². The van der Waals surface area contributed by atoms with Gasteiger partial charge in [0.25, 0.3) is 0 Å². The van der Waals surface area contributed by atoms with Gasteiger partial charge in [0.05, 0.1) is 6.10 Å². The lowest BCUT2D eigenvalue weighted by Crippen LogP contribution is -2.08. The maximum absolute atomic E-state index is 9.66. The van der Waals surface area contributed by atoms with Crippen molar-refractivity contribution in [3.05, 3.63) is 0 Å². The van der Waals surface area contributed by atoms with Crippen molar-refractivity contribution in [2.24, 2.45) is 0 Å². The molecule has 0 heterocycles. The molecule has 0 saturated carbocycles. The third kappa shape index (κ3) is 19.3. The van der Waals surface area contributed by atoms with Crippen molar-refractivity contribution in [3.63, 3.8) is 0 Å². The summed E-state index contributed by atoms with van der Waals surface area (Å²) in [4.78, 5) is 19.2. The van der Waals surface area contributed by atoms with E-state index >= 15 is 0 Å².